The molecule has 1 amide bonds. The highest BCUT2D eigenvalue weighted by atomic mass is 17.2. The Morgan fingerprint density at radius 3 is 2.72 bits per heavy atom. The van der Waals surface area contributed by atoms with E-state index in [-0.39, 0.29) is 28.6 Å². The number of amides is 1. The third-order valence-corrected chi connectivity index (χ3v) is 12.5. The molecular weight excluding hydrogens is 754 g/mol. The number of fused-ring (bicyclic) bond motifs is 4. The molecule has 0 bridgehead atoms. The third-order valence-electron chi connectivity index (χ3n) is 12.5. The van der Waals surface area contributed by atoms with Crippen molar-refractivity contribution in [2.24, 2.45) is 15.9 Å². The first-order valence-corrected chi connectivity index (χ1v) is 19.8. The zero-order valence-electron chi connectivity index (χ0n) is 32.6. The van der Waals surface area contributed by atoms with Crippen LogP contribution >= 0.6 is 0 Å². The molecule has 10 atom stereocenters. The second-order valence-corrected chi connectivity index (χ2v) is 16.3. The van der Waals surface area contributed by atoms with Gasteiger partial charge in [-0.1, -0.05) is 6.92 Å². The predicted octanol–water partition coefficient (Wildman–Crippen LogP) is -2.57. The van der Waals surface area contributed by atoms with Crippen LogP contribution in [0.1, 0.15) is 50.9 Å². The lowest BCUT2D eigenvalue weighted by Gasteiger charge is -2.43. The minimum Gasteiger partial charge on any atom is -0.831 e. The molecular formula is C41H50N5O12+. The minimum atomic E-state index is -2.57. The van der Waals surface area contributed by atoms with E-state index in [9.17, 15) is 40.2 Å². The Hall–Kier alpha value is -4.56. The molecule has 17 heteroatoms. The SMILES string of the molecule is CCC1=C2C=CN=C2C[NH+]1c1c2c(cc3c(=O)cc(C)oc13)C[C@@H](OOC[C@H](O)[C@](O)(C[NH+]1C([O-])=CC3=NC=CC31)[C@H](O)[C@H](O)CO)[C@@](C)(CC[C@@H]1CNC(=O)C1)O2. The Bertz CT molecular complexity index is 2250. The van der Waals surface area contributed by atoms with Crippen LogP contribution in [-0.2, 0) is 21.0 Å². The number of rotatable bonds is 15. The number of hydrogen-bond acceptors (Lipinski definition) is 14. The van der Waals surface area contributed by atoms with Crippen LogP contribution in [0.3, 0.4) is 0 Å². The lowest BCUT2D eigenvalue weighted by atomic mass is 9.83. The first kappa shape index (κ1) is 40.2. The lowest BCUT2D eigenvalue weighted by Crippen LogP contribution is -3.17. The maximum Gasteiger partial charge on any atom is 0.222 e. The Kier molecular flexibility index (Phi) is 10.8. The Balaban J connectivity index is 1.11. The molecule has 1 aromatic heterocycles. The molecule has 0 radical (unpaired) electrons. The van der Waals surface area contributed by atoms with Gasteiger partial charge in [-0.2, -0.15) is 0 Å². The van der Waals surface area contributed by atoms with Crippen LogP contribution in [-0.4, -0.2) is 117 Å². The molecule has 6 aliphatic heterocycles. The largest absolute Gasteiger partial charge is 0.831 e. The van der Waals surface area contributed by atoms with E-state index in [4.69, 9.17) is 18.9 Å². The third kappa shape index (κ3) is 7.03. The van der Waals surface area contributed by atoms with Crippen molar-refractivity contribution in [3.05, 3.63) is 81.5 Å². The van der Waals surface area contributed by atoms with Crippen molar-refractivity contribution >= 4 is 34.0 Å². The van der Waals surface area contributed by atoms with Gasteiger partial charge in [0.05, 0.1) is 23.4 Å². The summed E-state index contributed by atoms with van der Waals surface area (Å²) >= 11 is 0. The zero-order valence-corrected chi connectivity index (χ0v) is 32.6. The molecule has 17 nitrogen and oxygen atoms in total. The van der Waals surface area contributed by atoms with Crippen LogP contribution in [0, 0.1) is 12.8 Å². The Morgan fingerprint density at radius 1 is 1.17 bits per heavy atom. The number of benzene rings is 1. The Labute approximate surface area is 333 Å². The Morgan fingerprint density at radius 2 is 1.98 bits per heavy atom. The summed E-state index contributed by atoms with van der Waals surface area (Å²) in [6, 6.07) is 2.61. The summed E-state index contributed by atoms with van der Waals surface area (Å²) in [5.41, 5.74) is 1.32. The number of nitrogens with one attached hydrogen (secondary N) is 3. The number of hydrogen-bond donors (Lipinski definition) is 8. The molecule has 0 saturated carbocycles. The number of aliphatic hydroxyl groups is 5. The van der Waals surface area contributed by atoms with Crippen LogP contribution < -0.4 is 30.4 Å². The van der Waals surface area contributed by atoms with Gasteiger partial charge in [-0.05, 0) is 50.8 Å². The average Bonchev–Trinajstić information content (AvgIpc) is 4.03. The molecule has 8 rings (SSSR count). The van der Waals surface area contributed by atoms with E-state index in [1.165, 1.54) is 18.3 Å². The van der Waals surface area contributed by atoms with Crippen molar-refractivity contribution in [3.63, 3.8) is 0 Å². The fourth-order valence-corrected chi connectivity index (χ4v) is 9.15. The van der Waals surface area contributed by atoms with Crippen molar-refractivity contribution in [2.75, 3.05) is 32.8 Å². The number of allylic oxidation sites excluding steroid dienone is 2. The number of carbonyl (C=O) groups excluding carboxylic acids is 1. The number of carbonyl (C=O) groups is 1. The number of aryl methyl sites for hydroxylation is 1. The molecule has 2 aromatic rings. The second-order valence-electron chi connectivity index (χ2n) is 16.3. The normalized spacial score (nSPS) is 29.7. The van der Waals surface area contributed by atoms with Gasteiger partial charge in [-0.25, -0.2) is 9.78 Å². The lowest BCUT2D eigenvalue weighted by molar-refractivity contribution is -0.920. The highest BCUT2D eigenvalue weighted by Gasteiger charge is 2.53. The van der Waals surface area contributed by atoms with Crippen LogP contribution in [0.5, 0.6) is 5.75 Å². The van der Waals surface area contributed by atoms with Gasteiger partial charge in [0.2, 0.25) is 17.2 Å². The monoisotopic (exact) mass is 804 g/mol. The summed E-state index contributed by atoms with van der Waals surface area (Å²) < 4.78 is 13.4. The van der Waals surface area contributed by atoms with Crippen molar-refractivity contribution in [1.29, 1.82) is 0 Å². The van der Waals surface area contributed by atoms with E-state index >= 15 is 0 Å². The predicted molar refractivity (Wildman–Crippen MR) is 205 cm³/mol. The van der Waals surface area contributed by atoms with Gasteiger partial charge in [0.25, 0.3) is 0 Å². The van der Waals surface area contributed by atoms with Crippen LogP contribution in [0.2, 0.25) is 0 Å². The van der Waals surface area contributed by atoms with E-state index in [0.717, 1.165) is 21.9 Å². The molecule has 1 aromatic carbocycles. The van der Waals surface area contributed by atoms with Crippen LogP contribution in [0.4, 0.5) is 5.69 Å². The van der Waals surface area contributed by atoms with Crippen molar-refractivity contribution in [3.8, 4) is 5.75 Å². The van der Waals surface area contributed by atoms with E-state index in [2.05, 4.69) is 22.2 Å². The molecule has 3 unspecified atom stereocenters. The van der Waals surface area contributed by atoms with Gasteiger partial charge in [0, 0.05) is 55.9 Å². The van der Waals surface area contributed by atoms with E-state index in [0.29, 0.717) is 78.2 Å². The molecule has 0 spiro atoms. The van der Waals surface area contributed by atoms with Gasteiger partial charge in [-0.15, -0.1) is 0 Å². The van der Waals surface area contributed by atoms with Gasteiger partial charge >= 0.3 is 0 Å². The maximum absolute atomic E-state index is 13.6. The first-order valence-electron chi connectivity index (χ1n) is 19.8. The molecule has 0 aliphatic carbocycles. The molecule has 310 valence electrons. The van der Waals surface area contributed by atoms with E-state index < -0.39 is 67.3 Å². The molecule has 6 aliphatic rings. The van der Waals surface area contributed by atoms with Gasteiger partial charge in [0.15, 0.2) is 22.8 Å². The molecule has 7 heterocycles. The molecule has 1 fully saturated rings. The number of nitrogens with zero attached hydrogens (tertiary/aromatic N) is 2. The van der Waals surface area contributed by atoms with Crippen LogP contribution in [0.25, 0.3) is 11.0 Å². The highest BCUT2D eigenvalue weighted by molar-refractivity contribution is 6.08. The summed E-state index contributed by atoms with van der Waals surface area (Å²) in [6.07, 6.45) is 3.71. The quantitative estimate of drug-likeness (QED) is 0.0685. The van der Waals surface area contributed by atoms with Gasteiger partial charge in [-0.3, -0.25) is 24.5 Å². The summed E-state index contributed by atoms with van der Waals surface area (Å²) in [5, 5.41) is 70.6. The average molecular weight is 805 g/mol. The smallest absolute Gasteiger partial charge is 0.222 e. The standard InChI is InChI=1S/C41H49N5O12/c1-4-28-24-6-9-43-27(24)17-45(28)36-37-23(13-25-30(48)11-21(2)56-38(25)36)14-33(40(3,57-37)8-5-22-12-34(51)44-16-22)58-55-19-32(50)41(54,39(53)31(49)18-47)20-46-29-7-10-42-26(29)15-35(46)52/h6-7,9-11,13,15,22,29,31-33,39,47,49-50,52-54H,4-5,8,12,14,16-20H2,1-3H3,(H,44,51)/p+1/t22-,29?,31+,32-,33+,39+,40+,41+/m0/s1. The molecule has 58 heavy (non-hydrogen) atoms. The highest BCUT2D eigenvalue weighted by Crippen LogP contribution is 2.45. The molecule has 1 saturated heterocycles. The van der Waals surface area contributed by atoms with E-state index in [1.807, 2.05) is 13.0 Å². The van der Waals surface area contributed by atoms with Crippen molar-refractivity contribution in [2.45, 2.75) is 94.5 Å². The first-order chi connectivity index (χ1) is 27.7. The summed E-state index contributed by atoms with van der Waals surface area (Å²) in [6.45, 7) is 4.46. The van der Waals surface area contributed by atoms with E-state index in [1.54, 1.807) is 25.3 Å². The minimum absolute atomic E-state index is 0.0292. The van der Waals surface area contributed by atoms with Gasteiger partial charge < -0.3 is 50.0 Å². The fourth-order valence-electron chi connectivity index (χ4n) is 9.15. The number of ether oxygens (including phenoxy) is 1. The summed E-state index contributed by atoms with van der Waals surface area (Å²) in [7, 11) is 0. The zero-order chi connectivity index (χ0) is 41.1. The topological polar surface area (TPSA) is 245 Å². The van der Waals surface area contributed by atoms with Crippen molar-refractivity contribution in [1.82, 2.24) is 5.32 Å². The van der Waals surface area contributed by atoms with Crippen molar-refractivity contribution < 1.29 is 64.2 Å². The summed E-state index contributed by atoms with van der Waals surface area (Å²) in [4.78, 5) is 47.3. The maximum atomic E-state index is 13.6. The fraction of sp³-hybridized carbons (Fsp3) is 0.512. The summed E-state index contributed by atoms with van der Waals surface area (Å²) in [5.74, 6) is 0.547. The number of aliphatic imine (C=N–C) groups is 2. The second kappa shape index (κ2) is 15.6. The molecule has 8 N–H and O–H groups in total. The number of quaternary nitrogens is 2. The van der Waals surface area contributed by atoms with Gasteiger partial charge in [0.1, 0.15) is 72.6 Å². The number of aliphatic hydroxyl groups excluding tert-OH is 4. The van der Waals surface area contributed by atoms with Crippen LogP contribution in [0.15, 0.2) is 79.1 Å².